The van der Waals surface area contributed by atoms with Crippen LogP contribution in [0.4, 0.5) is 0 Å². The number of primary amides is 1. The van der Waals surface area contributed by atoms with Gasteiger partial charge < -0.3 is 30.1 Å². The van der Waals surface area contributed by atoms with Crippen LogP contribution in [-0.2, 0) is 35.2 Å². The van der Waals surface area contributed by atoms with Gasteiger partial charge in [-0.15, -0.1) is 0 Å². The van der Waals surface area contributed by atoms with Crippen molar-refractivity contribution in [2.45, 2.75) is 107 Å². The fourth-order valence-electron chi connectivity index (χ4n) is 9.78. The summed E-state index contributed by atoms with van der Waals surface area (Å²) in [6.45, 7) is 4.23. The van der Waals surface area contributed by atoms with Gasteiger partial charge in [-0.25, -0.2) is 0 Å². The average Bonchev–Trinajstić information content (AvgIpc) is 3.88. The van der Waals surface area contributed by atoms with Gasteiger partial charge in [-0.1, -0.05) is 67.4 Å². The van der Waals surface area contributed by atoms with Crippen molar-refractivity contribution in [2.24, 2.45) is 23.5 Å². The third-order valence-electron chi connectivity index (χ3n) is 12.2. The third-order valence-corrected chi connectivity index (χ3v) is 12.6. The predicted molar refractivity (Wildman–Crippen MR) is 185 cm³/mol. The second kappa shape index (κ2) is 13.3. The monoisotopic (exact) mass is 703 g/mol. The number of benzene rings is 1. The van der Waals surface area contributed by atoms with Gasteiger partial charge in [-0.2, -0.15) is 0 Å². The van der Waals surface area contributed by atoms with E-state index in [4.69, 9.17) is 17.3 Å². The summed E-state index contributed by atoms with van der Waals surface area (Å²) in [5.74, 6) is -2.53. The highest BCUT2D eigenvalue weighted by Gasteiger charge is 2.59. The lowest BCUT2D eigenvalue weighted by atomic mass is 9.86. The van der Waals surface area contributed by atoms with Gasteiger partial charge in [0.1, 0.15) is 29.4 Å². The van der Waals surface area contributed by atoms with E-state index in [0.717, 1.165) is 12.0 Å². The molecule has 2 N–H and O–H groups in total. The van der Waals surface area contributed by atoms with E-state index in [1.807, 2.05) is 49.4 Å². The molecule has 266 valence electrons. The minimum Gasteiger partial charge on any atom is -0.368 e. The smallest absolute Gasteiger partial charge is 0.253 e. The van der Waals surface area contributed by atoms with Crippen molar-refractivity contribution < 1.29 is 28.8 Å². The predicted octanol–water partition coefficient (Wildman–Crippen LogP) is 3.04. The van der Waals surface area contributed by atoms with Crippen LogP contribution in [0.5, 0.6) is 0 Å². The first-order valence-electron chi connectivity index (χ1n) is 18.1. The molecule has 9 atom stereocenters. The Kier molecular flexibility index (Phi) is 9.16. The van der Waals surface area contributed by atoms with Gasteiger partial charge in [0, 0.05) is 36.4 Å². The molecule has 1 spiro atoms. The van der Waals surface area contributed by atoms with E-state index in [1.165, 1.54) is 6.92 Å². The van der Waals surface area contributed by atoms with Crippen LogP contribution in [0.15, 0.2) is 48.6 Å². The van der Waals surface area contributed by atoms with E-state index in [9.17, 15) is 28.8 Å². The Bertz CT molecular complexity index is 1680. The largest absolute Gasteiger partial charge is 0.368 e. The number of hydrogen-bond donors (Lipinski definition) is 1. The van der Waals surface area contributed by atoms with Crippen molar-refractivity contribution in [1.29, 1.82) is 0 Å². The SMILES string of the molecule is CC[C@@H]1C[C@@H](C(N)=O)N2C(=O)[C@@H]3[C@@H](C=C[C@@H]12)CCN3C(=O)[C@@H]1CC[C@H]2C=C[C@]3(CCCN3C(=O)[C@@H](CC(C)=O)Cc3ccccc3Cl)C(=O)N21. The number of halogens is 1. The molecule has 12 heteroatoms. The molecular weight excluding hydrogens is 658 g/mol. The highest BCUT2D eigenvalue weighted by molar-refractivity contribution is 6.31. The first-order valence-corrected chi connectivity index (χ1v) is 18.5. The van der Waals surface area contributed by atoms with Gasteiger partial charge in [-0.3, -0.25) is 24.0 Å². The van der Waals surface area contributed by atoms with Crippen LogP contribution in [-0.4, -0.2) is 104 Å². The minimum atomic E-state index is -1.26. The number of rotatable bonds is 8. The molecule has 1 aromatic rings. The lowest BCUT2D eigenvalue weighted by Gasteiger charge is -2.45. The molecule has 4 saturated heterocycles. The maximum Gasteiger partial charge on any atom is 0.253 e. The lowest BCUT2D eigenvalue weighted by molar-refractivity contribution is -0.158. The summed E-state index contributed by atoms with van der Waals surface area (Å²) in [7, 11) is 0. The van der Waals surface area contributed by atoms with E-state index >= 15 is 0 Å². The van der Waals surface area contributed by atoms with Gasteiger partial charge in [0.15, 0.2) is 0 Å². The highest BCUT2D eigenvalue weighted by atomic mass is 35.5. The first kappa shape index (κ1) is 34.5. The number of Topliss-reactive ketones (excluding diaryl/α,β-unsaturated/α-hetero) is 1. The van der Waals surface area contributed by atoms with E-state index in [1.54, 1.807) is 25.7 Å². The van der Waals surface area contributed by atoms with Crippen molar-refractivity contribution in [2.75, 3.05) is 13.1 Å². The maximum absolute atomic E-state index is 14.8. The zero-order valence-corrected chi connectivity index (χ0v) is 29.5. The quantitative estimate of drug-likeness (QED) is 0.413. The molecule has 0 saturated carbocycles. The second-order valence-electron chi connectivity index (χ2n) is 15.0. The van der Waals surface area contributed by atoms with Gasteiger partial charge in [0.2, 0.25) is 23.6 Å². The lowest BCUT2D eigenvalue weighted by Crippen LogP contribution is -2.64. The molecule has 11 nitrogen and oxygen atoms in total. The fraction of sp³-hybridized carbons (Fsp3) is 0.579. The summed E-state index contributed by atoms with van der Waals surface area (Å²) < 4.78 is 0. The van der Waals surface area contributed by atoms with E-state index in [2.05, 4.69) is 0 Å². The molecule has 1 aromatic carbocycles. The number of nitrogens with two attached hydrogens (primary N) is 1. The van der Waals surface area contributed by atoms with Crippen LogP contribution in [0.2, 0.25) is 5.02 Å². The normalized spacial score (nSPS) is 33.5. The fourth-order valence-corrected chi connectivity index (χ4v) is 10.00. The van der Waals surface area contributed by atoms with Crippen LogP contribution in [0.3, 0.4) is 0 Å². The Balaban J connectivity index is 1.14. The molecule has 7 rings (SSSR count). The van der Waals surface area contributed by atoms with E-state index < -0.39 is 35.5 Å². The summed E-state index contributed by atoms with van der Waals surface area (Å²) in [5.41, 5.74) is 5.30. The molecule has 5 amide bonds. The Morgan fingerprint density at radius 3 is 2.50 bits per heavy atom. The number of carbonyl (C=O) groups excluding carboxylic acids is 6. The molecule has 0 unspecified atom stereocenters. The molecule has 6 heterocycles. The highest BCUT2D eigenvalue weighted by Crippen LogP contribution is 2.44. The van der Waals surface area contributed by atoms with Crippen LogP contribution in [0.1, 0.15) is 70.8 Å². The van der Waals surface area contributed by atoms with Gasteiger partial charge in [-0.05, 0) is 69.4 Å². The third kappa shape index (κ3) is 5.56. The number of likely N-dealkylation sites (tertiary alicyclic amines) is 2. The molecule has 50 heavy (non-hydrogen) atoms. The van der Waals surface area contributed by atoms with Crippen molar-refractivity contribution in [3.8, 4) is 0 Å². The van der Waals surface area contributed by atoms with Crippen molar-refractivity contribution >= 4 is 46.9 Å². The Morgan fingerprint density at radius 2 is 1.78 bits per heavy atom. The van der Waals surface area contributed by atoms with E-state index in [0.29, 0.717) is 56.6 Å². The van der Waals surface area contributed by atoms with Crippen LogP contribution < -0.4 is 5.73 Å². The topological polar surface area (TPSA) is 141 Å². The Hall–Kier alpha value is -3.99. The zero-order chi connectivity index (χ0) is 35.5. The Morgan fingerprint density at radius 1 is 1.00 bits per heavy atom. The molecule has 0 aliphatic carbocycles. The van der Waals surface area contributed by atoms with Gasteiger partial charge >= 0.3 is 0 Å². The standard InChI is InChI=1S/C38H46ClN5O6/c1-3-23-21-31(33(40)46)44-29(23)11-9-24-14-18-41(32(24)36(44)49)35(48)30-12-10-27-13-16-38(37(50)43(27)30)15-6-17-42(38)34(47)26(19-22(2)45)20-25-7-4-5-8-28(25)39/h4-5,7-9,11,13,16,23-24,26-27,29-32H,3,6,10,12,14-15,17-21H2,1-2H3,(H2,40,46)/t23-,24+,26+,27+,29+,30+,31+,32+,38-/m1/s1. The minimum absolute atomic E-state index is 0.0233. The molecule has 0 bridgehead atoms. The number of fused-ring (bicyclic) bond motifs is 3. The van der Waals surface area contributed by atoms with Crippen LogP contribution >= 0.6 is 11.6 Å². The zero-order valence-electron chi connectivity index (χ0n) is 28.7. The number of amides is 5. The summed E-state index contributed by atoms with van der Waals surface area (Å²) in [6.07, 6.45) is 12.1. The molecule has 6 aliphatic heterocycles. The number of nitrogens with zero attached hydrogens (tertiary/aromatic N) is 4. The summed E-state index contributed by atoms with van der Waals surface area (Å²) in [4.78, 5) is 89.4. The second-order valence-corrected chi connectivity index (χ2v) is 15.4. The molecule has 6 aliphatic rings. The van der Waals surface area contributed by atoms with Crippen LogP contribution in [0.25, 0.3) is 0 Å². The molecule has 0 aromatic heterocycles. The number of ketones is 1. The summed E-state index contributed by atoms with van der Waals surface area (Å²) in [6, 6.07) is 4.43. The first-order chi connectivity index (χ1) is 24.0. The number of hydrogen-bond acceptors (Lipinski definition) is 6. The molecule has 4 fully saturated rings. The van der Waals surface area contributed by atoms with E-state index in [-0.39, 0.29) is 66.2 Å². The summed E-state index contributed by atoms with van der Waals surface area (Å²) >= 11 is 6.45. The summed E-state index contributed by atoms with van der Waals surface area (Å²) in [5, 5.41) is 0.516. The average molecular weight is 704 g/mol. The van der Waals surface area contributed by atoms with Crippen molar-refractivity contribution in [3.63, 3.8) is 0 Å². The number of carbonyl (C=O) groups is 6. The van der Waals surface area contributed by atoms with Crippen molar-refractivity contribution in [3.05, 3.63) is 59.2 Å². The molecule has 0 radical (unpaired) electrons. The van der Waals surface area contributed by atoms with Crippen LogP contribution in [0, 0.1) is 17.8 Å². The molecular formula is C38H46ClN5O6. The Labute approximate surface area is 297 Å². The maximum atomic E-state index is 14.8. The van der Waals surface area contributed by atoms with Gasteiger partial charge in [0.25, 0.3) is 5.91 Å². The van der Waals surface area contributed by atoms with Gasteiger partial charge in [0.05, 0.1) is 12.1 Å². The van der Waals surface area contributed by atoms with Crippen molar-refractivity contribution in [1.82, 2.24) is 19.6 Å².